The van der Waals surface area contributed by atoms with E-state index in [0.717, 1.165) is 13.0 Å². The Bertz CT molecular complexity index is 810. The minimum absolute atomic E-state index is 0.0932. The zero-order valence-corrected chi connectivity index (χ0v) is 18.4. The first-order valence-electron chi connectivity index (χ1n) is 8.24. The minimum Gasteiger partial charge on any atom is -0.337 e. The summed E-state index contributed by atoms with van der Waals surface area (Å²) in [6, 6.07) is 4.11. The summed E-state index contributed by atoms with van der Waals surface area (Å²) in [5, 5.41) is 11.4. The number of aryl methyl sites for hydroxylation is 1. The van der Waals surface area contributed by atoms with Gasteiger partial charge in [0.2, 0.25) is 0 Å². The van der Waals surface area contributed by atoms with Gasteiger partial charge in [0.25, 0.3) is 0 Å². The third-order valence-corrected chi connectivity index (χ3v) is 5.97. The van der Waals surface area contributed by atoms with Crippen LogP contribution in [0.25, 0.3) is 0 Å². The van der Waals surface area contributed by atoms with Crippen molar-refractivity contribution in [1.82, 2.24) is 10.8 Å². The first-order valence-corrected chi connectivity index (χ1v) is 11.5. The number of aliphatic imine (C=N–C) groups is 1. The predicted molar refractivity (Wildman–Crippen MR) is 105 cm³/mol. The standard InChI is InChI=1S/C12H14AsNO7.C5H10N2O/c1-4-11(16)19-12-8(2)6-5-7-10(12)13(17,21-18)20-14-9(3)15;1-3-6-5(8)7-4-2/h4-7,18H,1H2,2-3H3,(H,14,15);3H,4H2,1-2H3,(H,7,8). The molecule has 11 nitrogen and oxygen atoms in total. The summed E-state index contributed by atoms with van der Waals surface area (Å²) in [6.07, 6.45) is 2.38. The molecule has 0 saturated heterocycles. The Kier molecular flexibility index (Phi) is 12.2. The van der Waals surface area contributed by atoms with Gasteiger partial charge in [-0.3, -0.25) is 0 Å². The maximum absolute atomic E-state index is 12.5. The van der Waals surface area contributed by atoms with Crippen molar-refractivity contribution in [1.29, 1.82) is 0 Å². The molecule has 1 atom stereocenters. The number of benzene rings is 1. The van der Waals surface area contributed by atoms with E-state index in [1.54, 1.807) is 19.9 Å². The fourth-order valence-corrected chi connectivity index (χ4v) is 4.21. The van der Waals surface area contributed by atoms with Crippen LogP contribution < -0.4 is 19.9 Å². The molecule has 29 heavy (non-hydrogen) atoms. The molecule has 0 aliphatic carbocycles. The summed E-state index contributed by atoms with van der Waals surface area (Å²) in [7, 11) is 0. The molecule has 0 heterocycles. The van der Waals surface area contributed by atoms with Crippen molar-refractivity contribution in [3.8, 4) is 5.75 Å². The molecule has 1 rings (SSSR count). The molecule has 3 N–H and O–H groups in total. The summed E-state index contributed by atoms with van der Waals surface area (Å²) in [4.78, 5) is 35.9. The van der Waals surface area contributed by atoms with Gasteiger partial charge in [-0.2, -0.15) is 0 Å². The van der Waals surface area contributed by atoms with Gasteiger partial charge in [0, 0.05) is 12.8 Å². The molecule has 1 aromatic carbocycles. The molecule has 0 aliphatic heterocycles. The van der Waals surface area contributed by atoms with Gasteiger partial charge in [0.05, 0.1) is 0 Å². The van der Waals surface area contributed by atoms with Crippen molar-refractivity contribution in [3.05, 3.63) is 36.4 Å². The Hall–Kier alpha value is -2.72. The number of nitrogens with one attached hydrogen (secondary N) is 2. The number of rotatable bonds is 7. The molecule has 0 fully saturated rings. The minimum atomic E-state index is -5.05. The van der Waals surface area contributed by atoms with Crippen molar-refractivity contribution in [2.75, 3.05) is 6.54 Å². The van der Waals surface area contributed by atoms with Gasteiger partial charge in [-0.05, 0) is 13.8 Å². The molecule has 12 heteroatoms. The second-order valence-corrected chi connectivity index (χ2v) is 8.92. The predicted octanol–water partition coefficient (Wildman–Crippen LogP) is 1.03. The van der Waals surface area contributed by atoms with Gasteiger partial charge in [-0.15, -0.1) is 0 Å². The Labute approximate surface area is 171 Å². The van der Waals surface area contributed by atoms with Crippen LogP contribution in [0.5, 0.6) is 5.75 Å². The van der Waals surface area contributed by atoms with E-state index in [9.17, 15) is 18.1 Å². The molecule has 0 saturated carbocycles. The Morgan fingerprint density at radius 1 is 1.34 bits per heavy atom. The number of carbonyl (C=O) groups is 3. The maximum atomic E-state index is 12.5. The van der Waals surface area contributed by atoms with E-state index in [1.165, 1.54) is 18.3 Å². The van der Waals surface area contributed by atoms with E-state index in [4.69, 9.17) is 9.99 Å². The molecule has 0 radical (unpaired) electrons. The molecule has 1 aromatic rings. The monoisotopic (exact) mass is 473 g/mol. The van der Waals surface area contributed by atoms with Crippen LogP contribution >= 0.6 is 0 Å². The van der Waals surface area contributed by atoms with E-state index in [-0.39, 0.29) is 16.1 Å². The molecule has 0 bridgehead atoms. The molecule has 1 unspecified atom stereocenters. The summed E-state index contributed by atoms with van der Waals surface area (Å²) in [6.45, 7) is 10.1. The van der Waals surface area contributed by atoms with E-state index < -0.39 is 26.0 Å². The smallest absolute Gasteiger partial charge is 0.337 e. The van der Waals surface area contributed by atoms with E-state index in [1.807, 2.05) is 12.4 Å². The number of hydroxylamine groups is 1. The normalized spacial score (nSPS) is 12.2. The van der Waals surface area contributed by atoms with Gasteiger partial charge in [-0.25, -0.2) is 9.79 Å². The first-order chi connectivity index (χ1) is 13.6. The van der Waals surface area contributed by atoms with Gasteiger partial charge >= 0.3 is 129 Å². The zero-order valence-electron chi connectivity index (χ0n) is 16.5. The molecular formula is C17H24AsN3O8. The van der Waals surface area contributed by atoms with Crippen molar-refractivity contribution in [2.24, 2.45) is 4.99 Å². The number of para-hydroxylation sites is 1. The average Bonchev–Trinajstić information content (AvgIpc) is 2.68. The number of hydrogen-bond acceptors (Lipinski definition) is 8. The summed E-state index contributed by atoms with van der Waals surface area (Å²) in [5.74, 6) is -1.53. The Balaban J connectivity index is 0.000000828. The topological polar surface area (TPSA) is 153 Å². The third kappa shape index (κ3) is 9.35. The number of carbonyl (C=O) groups excluding carboxylic acids is 3. The molecule has 0 aliphatic rings. The second-order valence-electron chi connectivity index (χ2n) is 5.10. The van der Waals surface area contributed by atoms with Gasteiger partial charge in [0.1, 0.15) is 0 Å². The van der Waals surface area contributed by atoms with E-state index in [0.29, 0.717) is 12.1 Å². The summed E-state index contributed by atoms with van der Waals surface area (Å²) in [5.41, 5.74) is 2.28. The average molecular weight is 473 g/mol. The van der Waals surface area contributed by atoms with Gasteiger partial charge < -0.3 is 5.32 Å². The number of esters is 1. The van der Waals surface area contributed by atoms with Crippen LogP contribution in [0.3, 0.4) is 0 Å². The van der Waals surface area contributed by atoms with Gasteiger partial charge in [-0.1, -0.05) is 0 Å². The van der Waals surface area contributed by atoms with Crippen molar-refractivity contribution >= 4 is 42.6 Å². The number of urea groups is 1. The van der Waals surface area contributed by atoms with Crippen molar-refractivity contribution in [3.63, 3.8) is 0 Å². The Morgan fingerprint density at radius 3 is 2.48 bits per heavy atom. The van der Waals surface area contributed by atoms with Crippen LogP contribution in [0, 0.1) is 6.92 Å². The molecule has 3 amide bonds. The van der Waals surface area contributed by atoms with Crippen molar-refractivity contribution in [2.45, 2.75) is 27.7 Å². The number of ether oxygens (including phenoxy) is 1. The van der Waals surface area contributed by atoms with Crippen LogP contribution in [-0.4, -0.2) is 50.1 Å². The molecular weight excluding hydrogens is 449 g/mol. The van der Waals surface area contributed by atoms with Crippen LogP contribution in [-0.2, 0) is 21.0 Å². The first kappa shape index (κ1) is 26.3. The van der Waals surface area contributed by atoms with E-state index in [2.05, 4.69) is 24.6 Å². The maximum Gasteiger partial charge on any atom is 0.340 e. The van der Waals surface area contributed by atoms with Crippen LogP contribution in [0.15, 0.2) is 35.8 Å². The fourth-order valence-electron chi connectivity index (χ4n) is 1.68. The summed E-state index contributed by atoms with van der Waals surface area (Å²) >= 11 is -5.05. The largest absolute Gasteiger partial charge is 0.340 e. The van der Waals surface area contributed by atoms with Crippen LogP contribution in [0.2, 0.25) is 0 Å². The molecule has 160 valence electrons. The SMILES string of the molecule is C=CC(=O)Oc1c(C)cccc1[As](=O)(OO)ONC(C)=O.CC=NC(=O)NCC. The third-order valence-electron chi connectivity index (χ3n) is 2.85. The van der Waals surface area contributed by atoms with Crippen molar-refractivity contribution < 1.29 is 35.8 Å². The quantitative estimate of drug-likeness (QED) is 0.101. The van der Waals surface area contributed by atoms with Crippen LogP contribution in [0.4, 0.5) is 4.79 Å². The number of hydrogen-bond donors (Lipinski definition) is 3. The zero-order chi connectivity index (χ0) is 22.4. The fraction of sp³-hybridized carbons (Fsp3) is 0.294. The second kappa shape index (κ2) is 13.5. The molecule has 0 spiro atoms. The van der Waals surface area contributed by atoms with E-state index >= 15 is 0 Å². The number of amides is 3. The summed E-state index contributed by atoms with van der Waals surface area (Å²) < 4.78 is 25.9. The number of nitrogens with zero attached hydrogens (tertiary/aromatic N) is 1. The van der Waals surface area contributed by atoms with Crippen LogP contribution in [0.1, 0.15) is 26.3 Å². The Morgan fingerprint density at radius 2 is 2.00 bits per heavy atom. The molecule has 0 aromatic heterocycles. The van der Waals surface area contributed by atoms with Gasteiger partial charge in [0.15, 0.2) is 0 Å².